The first-order valence-corrected chi connectivity index (χ1v) is 8.80. The Morgan fingerprint density at radius 1 is 1.29 bits per heavy atom. The SMILES string of the molecule is CN=C(NCc1ccc(C)s1)NCC(C)Cn1nc(C)cc1C.I. The van der Waals surface area contributed by atoms with E-state index in [4.69, 9.17) is 0 Å². The van der Waals surface area contributed by atoms with Crippen molar-refractivity contribution < 1.29 is 0 Å². The first-order chi connectivity index (χ1) is 11.0. The summed E-state index contributed by atoms with van der Waals surface area (Å²) in [5.41, 5.74) is 2.29. The van der Waals surface area contributed by atoms with Gasteiger partial charge in [-0.15, -0.1) is 35.3 Å². The number of rotatable bonds is 6. The number of aryl methyl sites for hydroxylation is 3. The van der Waals surface area contributed by atoms with Crippen LogP contribution in [0, 0.1) is 26.7 Å². The molecule has 0 fully saturated rings. The average molecular weight is 461 g/mol. The van der Waals surface area contributed by atoms with Crippen molar-refractivity contribution in [1.29, 1.82) is 0 Å². The van der Waals surface area contributed by atoms with Crippen LogP contribution in [-0.2, 0) is 13.1 Å². The number of nitrogens with zero attached hydrogens (tertiary/aromatic N) is 3. The van der Waals surface area contributed by atoms with Crippen LogP contribution in [0.25, 0.3) is 0 Å². The normalized spacial score (nSPS) is 12.6. The van der Waals surface area contributed by atoms with Crippen molar-refractivity contribution in [2.75, 3.05) is 13.6 Å². The topological polar surface area (TPSA) is 54.2 Å². The Hall–Kier alpha value is -1.09. The van der Waals surface area contributed by atoms with Gasteiger partial charge in [0, 0.05) is 35.6 Å². The van der Waals surface area contributed by atoms with Crippen LogP contribution in [0.2, 0.25) is 0 Å². The highest BCUT2D eigenvalue weighted by Gasteiger charge is 2.08. The van der Waals surface area contributed by atoms with Crippen LogP contribution in [-0.4, -0.2) is 29.3 Å². The van der Waals surface area contributed by atoms with Gasteiger partial charge in [-0.3, -0.25) is 9.67 Å². The summed E-state index contributed by atoms with van der Waals surface area (Å²) in [5.74, 6) is 1.31. The Morgan fingerprint density at radius 3 is 2.58 bits per heavy atom. The highest BCUT2D eigenvalue weighted by molar-refractivity contribution is 14.0. The van der Waals surface area contributed by atoms with Crippen LogP contribution < -0.4 is 10.6 Å². The number of guanidine groups is 1. The molecule has 0 aliphatic carbocycles. The maximum absolute atomic E-state index is 4.52. The third kappa shape index (κ3) is 6.43. The van der Waals surface area contributed by atoms with E-state index in [9.17, 15) is 0 Å². The van der Waals surface area contributed by atoms with E-state index in [1.807, 2.05) is 18.3 Å². The summed E-state index contributed by atoms with van der Waals surface area (Å²) in [5, 5.41) is 11.3. The van der Waals surface area contributed by atoms with E-state index < -0.39 is 0 Å². The Morgan fingerprint density at radius 2 is 2.04 bits per heavy atom. The van der Waals surface area contributed by atoms with Crippen LogP contribution in [0.5, 0.6) is 0 Å². The molecule has 1 unspecified atom stereocenters. The minimum atomic E-state index is 0. The number of halogens is 1. The minimum absolute atomic E-state index is 0. The van der Waals surface area contributed by atoms with Gasteiger partial charge in [0.25, 0.3) is 0 Å². The zero-order chi connectivity index (χ0) is 16.8. The first kappa shape index (κ1) is 21.0. The van der Waals surface area contributed by atoms with Crippen molar-refractivity contribution in [1.82, 2.24) is 20.4 Å². The fraction of sp³-hybridized carbons (Fsp3) is 0.529. The summed E-state index contributed by atoms with van der Waals surface area (Å²) < 4.78 is 2.08. The molecule has 0 saturated heterocycles. The lowest BCUT2D eigenvalue weighted by Gasteiger charge is -2.16. The fourth-order valence-corrected chi connectivity index (χ4v) is 3.29. The number of thiophene rings is 1. The molecule has 0 aliphatic heterocycles. The summed E-state index contributed by atoms with van der Waals surface area (Å²) in [4.78, 5) is 6.94. The molecule has 0 radical (unpaired) electrons. The van der Waals surface area contributed by atoms with Gasteiger partial charge < -0.3 is 10.6 Å². The second-order valence-electron chi connectivity index (χ2n) is 6.03. The fourth-order valence-electron chi connectivity index (χ4n) is 2.46. The molecule has 0 bridgehead atoms. The number of hydrogen-bond acceptors (Lipinski definition) is 3. The third-order valence-electron chi connectivity index (χ3n) is 3.66. The molecule has 2 rings (SSSR count). The molecule has 2 heterocycles. The van der Waals surface area contributed by atoms with Crippen LogP contribution in [0.4, 0.5) is 0 Å². The predicted octanol–water partition coefficient (Wildman–Crippen LogP) is 3.49. The molecule has 2 aromatic rings. The van der Waals surface area contributed by atoms with E-state index >= 15 is 0 Å². The van der Waals surface area contributed by atoms with Gasteiger partial charge in [-0.05, 0) is 44.9 Å². The smallest absolute Gasteiger partial charge is 0.191 e. The van der Waals surface area contributed by atoms with Crippen molar-refractivity contribution in [2.24, 2.45) is 10.9 Å². The molecule has 0 aromatic carbocycles. The van der Waals surface area contributed by atoms with Gasteiger partial charge in [-0.2, -0.15) is 5.10 Å². The largest absolute Gasteiger partial charge is 0.356 e. The summed E-state index contributed by atoms with van der Waals surface area (Å²) >= 11 is 1.81. The quantitative estimate of drug-likeness (QED) is 0.394. The van der Waals surface area contributed by atoms with E-state index in [2.05, 4.69) is 64.4 Å². The third-order valence-corrected chi connectivity index (χ3v) is 4.66. The summed E-state index contributed by atoms with van der Waals surface area (Å²) in [7, 11) is 1.81. The predicted molar refractivity (Wildman–Crippen MR) is 114 cm³/mol. The summed E-state index contributed by atoms with van der Waals surface area (Å²) in [6, 6.07) is 6.42. The summed E-state index contributed by atoms with van der Waals surface area (Å²) in [6.07, 6.45) is 0. The van der Waals surface area contributed by atoms with Crippen LogP contribution in [0.1, 0.15) is 28.1 Å². The molecule has 2 N–H and O–H groups in total. The molecule has 0 aliphatic rings. The van der Waals surface area contributed by atoms with E-state index in [-0.39, 0.29) is 24.0 Å². The van der Waals surface area contributed by atoms with Gasteiger partial charge in [0.1, 0.15) is 0 Å². The van der Waals surface area contributed by atoms with Gasteiger partial charge in [0.05, 0.1) is 12.2 Å². The molecule has 0 spiro atoms. The Labute approximate surface area is 166 Å². The number of aliphatic imine (C=N–C) groups is 1. The van der Waals surface area contributed by atoms with E-state index in [1.54, 1.807) is 7.05 Å². The van der Waals surface area contributed by atoms with Crippen LogP contribution in [0.3, 0.4) is 0 Å². The average Bonchev–Trinajstić information content (AvgIpc) is 3.05. The Kier molecular flexibility index (Phi) is 8.75. The second kappa shape index (κ2) is 10.0. The molecule has 0 amide bonds. The molecule has 134 valence electrons. The van der Waals surface area contributed by atoms with Crippen molar-refractivity contribution in [3.63, 3.8) is 0 Å². The summed E-state index contributed by atoms with van der Waals surface area (Å²) in [6.45, 7) is 11.1. The van der Waals surface area contributed by atoms with Gasteiger partial charge in [0.15, 0.2) is 5.96 Å². The lowest BCUT2D eigenvalue weighted by Crippen LogP contribution is -2.39. The molecule has 2 aromatic heterocycles. The standard InChI is InChI=1S/C17H27N5S.HI/c1-12(11-22-14(3)8-13(2)21-22)9-19-17(18-5)20-10-16-7-6-15(4)23-16;/h6-8,12H,9-11H2,1-5H3,(H2,18,19,20);1H. The van der Waals surface area contributed by atoms with E-state index in [0.717, 1.165) is 31.3 Å². The molecule has 7 heteroatoms. The molecule has 5 nitrogen and oxygen atoms in total. The Balaban J connectivity index is 0.00000288. The maximum atomic E-state index is 4.52. The monoisotopic (exact) mass is 461 g/mol. The van der Waals surface area contributed by atoms with Crippen molar-refractivity contribution >= 4 is 41.3 Å². The lowest BCUT2D eigenvalue weighted by molar-refractivity contribution is 0.436. The molecular weight excluding hydrogens is 433 g/mol. The van der Waals surface area contributed by atoms with Crippen molar-refractivity contribution in [3.8, 4) is 0 Å². The van der Waals surface area contributed by atoms with Crippen molar-refractivity contribution in [2.45, 2.75) is 40.8 Å². The van der Waals surface area contributed by atoms with Gasteiger partial charge >= 0.3 is 0 Å². The highest BCUT2D eigenvalue weighted by Crippen LogP contribution is 2.14. The molecule has 24 heavy (non-hydrogen) atoms. The van der Waals surface area contributed by atoms with E-state index in [1.165, 1.54) is 15.4 Å². The van der Waals surface area contributed by atoms with Gasteiger partial charge in [-0.25, -0.2) is 0 Å². The highest BCUT2D eigenvalue weighted by atomic mass is 127. The van der Waals surface area contributed by atoms with E-state index in [0.29, 0.717) is 5.92 Å². The zero-order valence-electron chi connectivity index (χ0n) is 15.1. The molecule has 0 saturated carbocycles. The first-order valence-electron chi connectivity index (χ1n) is 7.99. The Bertz CT molecular complexity index is 662. The lowest BCUT2D eigenvalue weighted by atomic mass is 10.2. The maximum Gasteiger partial charge on any atom is 0.191 e. The second-order valence-corrected chi connectivity index (χ2v) is 7.41. The number of hydrogen-bond donors (Lipinski definition) is 2. The molecule has 1 atom stereocenters. The zero-order valence-corrected chi connectivity index (χ0v) is 18.2. The van der Waals surface area contributed by atoms with Crippen LogP contribution in [0.15, 0.2) is 23.2 Å². The van der Waals surface area contributed by atoms with Gasteiger partial charge in [0.2, 0.25) is 0 Å². The van der Waals surface area contributed by atoms with Gasteiger partial charge in [-0.1, -0.05) is 6.92 Å². The minimum Gasteiger partial charge on any atom is -0.356 e. The number of nitrogens with one attached hydrogen (secondary N) is 2. The number of aromatic nitrogens is 2. The van der Waals surface area contributed by atoms with Crippen molar-refractivity contribution in [3.05, 3.63) is 39.3 Å². The molecular formula is C17H28IN5S. The van der Waals surface area contributed by atoms with Crippen LogP contribution >= 0.6 is 35.3 Å².